The molecule has 3 heteroatoms. The molecule has 0 aromatic carbocycles. The Morgan fingerprint density at radius 3 is 2.92 bits per heavy atom. The van der Waals surface area contributed by atoms with Crippen molar-refractivity contribution in [1.29, 1.82) is 0 Å². The smallest absolute Gasteiger partial charge is 0.0674 e. The molecule has 1 atom stereocenters. The summed E-state index contributed by atoms with van der Waals surface area (Å²) in [4.78, 5) is 0. The SMILES string of the molecule is CCCC(CN)c1cccnn1. The molecule has 0 aliphatic carbocycles. The molecule has 0 saturated carbocycles. The highest BCUT2D eigenvalue weighted by molar-refractivity contribution is 5.06. The number of rotatable bonds is 4. The van der Waals surface area contributed by atoms with Crippen molar-refractivity contribution >= 4 is 0 Å². The summed E-state index contributed by atoms with van der Waals surface area (Å²) in [6.45, 7) is 2.81. The lowest BCUT2D eigenvalue weighted by Crippen LogP contribution is -2.13. The van der Waals surface area contributed by atoms with Crippen LogP contribution in [0.3, 0.4) is 0 Å². The van der Waals surface area contributed by atoms with E-state index in [1.807, 2.05) is 12.1 Å². The van der Waals surface area contributed by atoms with E-state index in [1.54, 1.807) is 6.20 Å². The summed E-state index contributed by atoms with van der Waals surface area (Å²) in [5.74, 6) is 0.378. The van der Waals surface area contributed by atoms with E-state index in [-0.39, 0.29) is 0 Å². The predicted molar refractivity (Wildman–Crippen MR) is 48.7 cm³/mol. The van der Waals surface area contributed by atoms with Gasteiger partial charge in [-0.3, -0.25) is 0 Å². The Kier molecular flexibility index (Phi) is 3.67. The van der Waals surface area contributed by atoms with Crippen molar-refractivity contribution in [3.8, 4) is 0 Å². The maximum absolute atomic E-state index is 5.62. The molecule has 1 unspecified atom stereocenters. The highest BCUT2D eigenvalue weighted by Gasteiger charge is 2.08. The highest BCUT2D eigenvalue weighted by atomic mass is 15.1. The van der Waals surface area contributed by atoms with Crippen LogP contribution >= 0.6 is 0 Å². The van der Waals surface area contributed by atoms with Gasteiger partial charge < -0.3 is 5.73 Å². The summed E-state index contributed by atoms with van der Waals surface area (Å²) < 4.78 is 0. The fourth-order valence-corrected chi connectivity index (χ4v) is 1.27. The van der Waals surface area contributed by atoms with E-state index in [0.717, 1.165) is 18.5 Å². The molecule has 0 saturated heterocycles. The minimum atomic E-state index is 0.378. The molecule has 0 aliphatic heterocycles. The lowest BCUT2D eigenvalue weighted by atomic mass is 10.00. The van der Waals surface area contributed by atoms with E-state index < -0.39 is 0 Å². The average molecular weight is 165 g/mol. The molecule has 1 heterocycles. The number of hydrogen-bond donors (Lipinski definition) is 1. The second kappa shape index (κ2) is 4.83. The molecule has 0 amide bonds. The lowest BCUT2D eigenvalue weighted by molar-refractivity contribution is 0.598. The van der Waals surface area contributed by atoms with Crippen LogP contribution in [0.2, 0.25) is 0 Å². The molecule has 1 aromatic heterocycles. The second-order valence-electron chi connectivity index (χ2n) is 2.87. The van der Waals surface area contributed by atoms with Gasteiger partial charge in [0.1, 0.15) is 0 Å². The van der Waals surface area contributed by atoms with E-state index >= 15 is 0 Å². The summed E-state index contributed by atoms with van der Waals surface area (Å²) in [6.07, 6.45) is 3.91. The van der Waals surface area contributed by atoms with E-state index in [1.165, 1.54) is 0 Å². The summed E-state index contributed by atoms with van der Waals surface area (Å²) in [6, 6.07) is 3.89. The van der Waals surface area contributed by atoms with Crippen LogP contribution in [0, 0.1) is 0 Å². The summed E-state index contributed by atoms with van der Waals surface area (Å²) >= 11 is 0. The fraction of sp³-hybridized carbons (Fsp3) is 0.556. The van der Waals surface area contributed by atoms with Gasteiger partial charge in [0.2, 0.25) is 0 Å². The van der Waals surface area contributed by atoms with Gasteiger partial charge in [-0.1, -0.05) is 13.3 Å². The van der Waals surface area contributed by atoms with Gasteiger partial charge in [-0.15, -0.1) is 0 Å². The lowest BCUT2D eigenvalue weighted by Gasteiger charge is -2.10. The third-order valence-corrected chi connectivity index (χ3v) is 1.93. The summed E-state index contributed by atoms with van der Waals surface area (Å²) in [5.41, 5.74) is 6.64. The Bertz CT molecular complexity index is 210. The molecule has 2 N–H and O–H groups in total. The van der Waals surface area contributed by atoms with Crippen LogP contribution in [0.25, 0.3) is 0 Å². The van der Waals surface area contributed by atoms with Crippen molar-refractivity contribution in [3.05, 3.63) is 24.0 Å². The van der Waals surface area contributed by atoms with Crippen LogP contribution in [-0.2, 0) is 0 Å². The normalized spacial score (nSPS) is 12.8. The minimum absolute atomic E-state index is 0.378. The van der Waals surface area contributed by atoms with Crippen LogP contribution in [0.4, 0.5) is 0 Å². The standard InChI is InChI=1S/C9H15N3/c1-2-4-8(7-10)9-5-3-6-11-12-9/h3,5-6,8H,2,4,7,10H2,1H3. The van der Waals surface area contributed by atoms with Gasteiger partial charge in [0.05, 0.1) is 5.69 Å². The van der Waals surface area contributed by atoms with Crippen LogP contribution in [0.1, 0.15) is 31.4 Å². The van der Waals surface area contributed by atoms with E-state index in [2.05, 4.69) is 17.1 Å². The number of aromatic nitrogens is 2. The molecule has 1 rings (SSSR count). The predicted octanol–water partition coefficient (Wildman–Crippen LogP) is 1.32. The Balaban J connectivity index is 2.66. The van der Waals surface area contributed by atoms with E-state index in [4.69, 9.17) is 5.73 Å². The fourth-order valence-electron chi connectivity index (χ4n) is 1.27. The molecule has 0 radical (unpaired) electrons. The Labute approximate surface area is 73.0 Å². The molecule has 66 valence electrons. The third-order valence-electron chi connectivity index (χ3n) is 1.93. The van der Waals surface area contributed by atoms with Gasteiger partial charge in [-0.25, -0.2) is 0 Å². The average Bonchev–Trinajstić information content (AvgIpc) is 2.15. The van der Waals surface area contributed by atoms with Gasteiger partial charge in [0.25, 0.3) is 0 Å². The van der Waals surface area contributed by atoms with Gasteiger partial charge in [0.15, 0.2) is 0 Å². The summed E-state index contributed by atoms with van der Waals surface area (Å²) in [7, 11) is 0. The number of hydrogen-bond acceptors (Lipinski definition) is 3. The molecule has 3 nitrogen and oxygen atoms in total. The maximum Gasteiger partial charge on any atom is 0.0674 e. The Morgan fingerprint density at radius 2 is 2.42 bits per heavy atom. The first-order valence-corrected chi connectivity index (χ1v) is 4.36. The molecule has 12 heavy (non-hydrogen) atoms. The molecule has 0 bridgehead atoms. The maximum atomic E-state index is 5.62. The van der Waals surface area contributed by atoms with E-state index in [0.29, 0.717) is 12.5 Å². The molecule has 0 fully saturated rings. The first-order chi connectivity index (χ1) is 5.88. The Hall–Kier alpha value is -0.960. The second-order valence-corrected chi connectivity index (χ2v) is 2.87. The van der Waals surface area contributed by atoms with Gasteiger partial charge >= 0.3 is 0 Å². The van der Waals surface area contributed by atoms with Crippen molar-refractivity contribution in [1.82, 2.24) is 10.2 Å². The zero-order valence-corrected chi connectivity index (χ0v) is 7.40. The van der Waals surface area contributed by atoms with Crippen LogP contribution in [0.5, 0.6) is 0 Å². The highest BCUT2D eigenvalue weighted by Crippen LogP contribution is 2.16. The van der Waals surface area contributed by atoms with Gasteiger partial charge in [-0.2, -0.15) is 10.2 Å². The molecule has 0 aliphatic rings. The Morgan fingerprint density at radius 1 is 1.58 bits per heavy atom. The van der Waals surface area contributed by atoms with Gasteiger partial charge in [-0.05, 0) is 18.6 Å². The van der Waals surface area contributed by atoms with Gasteiger partial charge in [0, 0.05) is 18.7 Å². The summed E-state index contributed by atoms with van der Waals surface area (Å²) in [5, 5.41) is 7.87. The molecule has 1 aromatic rings. The largest absolute Gasteiger partial charge is 0.330 e. The topological polar surface area (TPSA) is 51.8 Å². The van der Waals surface area contributed by atoms with E-state index in [9.17, 15) is 0 Å². The van der Waals surface area contributed by atoms with Crippen molar-refractivity contribution in [2.75, 3.05) is 6.54 Å². The van der Waals surface area contributed by atoms with Crippen molar-refractivity contribution < 1.29 is 0 Å². The number of nitrogens with zero attached hydrogens (tertiary/aromatic N) is 2. The first kappa shape index (κ1) is 9.13. The zero-order valence-electron chi connectivity index (χ0n) is 7.40. The quantitative estimate of drug-likeness (QED) is 0.732. The van der Waals surface area contributed by atoms with Crippen LogP contribution < -0.4 is 5.73 Å². The van der Waals surface area contributed by atoms with Crippen LogP contribution in [-0.4, -0.2) is 16.7 Å². The first-order valence-electron chi connectivity index (χ1n) is 4.36. The zero-order chi connectivity index (χ0) is 8.81. The van der Waals surface area contributed by atoms with Crippen molar-refractivity contribution in [2.45, 2.75) is 25.7 Å². The van der Waals surface area contributed by atoms with Crippen molar-refractivity contribution in [2.24, 2.45) is 5.73 Å². The third kappa shape index (κ3) is 2.27. The minimum Gasteiger partial charge on any atom is -0.330 e. The molecular weight excluding hydrogens is 150 g/mol. The van der Waals surface area contributed by atoms with Crippen LogP contribution in [0.15, 0.2) is 18.3 Å². The monoisotopic (exact) mass is 165 g/mol. The number of nitrogens with two attached hydrogens (primary N) is 1. The van der Waals surface area contributed by atoms with Crippen molar-refractivity contribution in [3.63, 3.8) is 0 Å². The molecule has 0 spiro atoms. The molecular formula is C9H15N3.